The normalized spacial score (nSPS) is 12.4. The van der Waals surface area contributed by atoms with Crippen molar-refractivity contribution in [2.75, 3.05) is 0 Å². The maximum Gasteiger partial charge on any atom is 0.0675 e. The van der Waals surface area contributed by atoms with Gasteiger partial charge in [-0.25, -0.2) is 0 Å². The number of hydrazine groups is 1. The average molecular weight is 276 g/mol. The van der Waals surface area contributed by atoms with Crippen molar-refractivity contribution in [2.24, 2.45) is 5.84 Å². The lowest BCUT2D eigenvalue weighted by atomic mass is 9.99. The van der Waals surface area contributed by atoms with Gasteiger partial charge in [-0.05, 0) is 42.2 Å². The van der Waals surface area contributed by atoms with Crippen molar-refractivity contribution in [2.45, 2.75) is 25.8 Å². The summed E-state index contributed by atoms with van der Waals surface area (Å²) in [6.45, 7) is 2.12. The minimum absolute atomic E-state index is 0.0114. The van der Waals surface area contributed by atoms with Crippen LogP contribution in [0.4, 0.5) is 0 Å². The minimum Gasteiger partial charge on any atom is -0.271 e. The summed E-state index contributed by atoms with van der Waals surface area (Å²) in [5.41, 5.74) is 6.28. The quantitative estimate of drug-likeness (QED) is 0.651. The molecule has 0 aliphatic heterocycles. The predicted octanol–water partition coefficient (Wildman–Crippen LogP) is 3.04. The first-order chi connectivity index (χ1) is 9.24. The van der Waals surface area contributed by atoms with Gasteiger partial charge in [0.2, 0.25) is 0 Å². The molecule has 2 rings (SSSR count). The number of hydrogen-bond donors (Lipinski definition) is 2. The maximum absolute atomic E-state index is 5.89. The van der Waals surface area contributed by atoms with Crippen LogP contribution in [0, 0.1) is 0 Å². The van der Waals surface area contributed by atoms with Gasteiger partial charge in [0.25, 0.3) is 0 Å². The molecule has 2 aromatic rings. The van der Waals surface area contributed by atoms with Crippen LogP contribution in [0.2, 0.25) is 5.02 Å². The van der Waals surface area contributed by atoms with E-state index in [1.54, 1.807) is 6.20 Å². The number of nitrogens with two attached hydrogens (primary N) is 1. The molecule has 1 atom stereocenters. The molecule has 0 amide bonds. The Balaban J connectivity index is 2.22. The van der Waals surface area contributed by atoms with E-state index in [0.29, 0.717) is 0 Å². The fraction of sp³-hybridized carbons (Fsp3) is 0.267. The van der Waals surface area contributed by atoms with Crippen LogP contribution >= 0.6 is 11.6 Å². The molecule has 0 saturated carbocycles. The van der Waals surface area contributed by atoms with Crippen LogP contribution < -0.4 is 11.3 Å². The van der Waals surface area contributed by atoms with Gasteiger partial charge < -0.3 is 0 Å². The molecule has 0 aliphatic rings. The lowest BCUT2D eigenvalue weighted by Gasteiger charge is -2.18. The maximum atomic E-state index is 5.89. The van der Waals surface area contributed by atoms with Gasteiger partial charge in [0, 0.05) is 11.2 Å². The van der Waals surface area contributed by atoms with Crippen LogP contribution in [0.3, 0.4) is 0 Å². The largest absolute Gasteiger partial charge is 0.271 e. The Bertz CT molecular complexity index is 525. The third-order valence-corrected chi connectivity index (χ3v) is 3.44. The number of halogens is 1. The van der Waals surface area contributed by atoms with E-state index >= 15 is 0 Å². The number of nitrogens with one attached hydrogen (secondary N) is 1. The number of aryl methyl sites for hydroxylation is 1. The molecule has 3 N–H and O–H groups in total. The molecule has 0 fully saturated rings. The Labute approximate surface area is 118 Å². The van der Waals surface area contributed by atoms with Gasteiger partial charge in [-0.2, -0.15) is 0 Å². The molecule has 0 spiro atoms. The van der Waals surface area contributed by atoms with E-state index < -0.39 is 0 Å². The summed E-state index contributed by atoms with van der Waals surface area (Å²) in [5.74, 6) is 5.69. The number of pyridine rings is 1. The number of benzene rings is 1. The van der Waals surface area contributed by atoms with Gasteiger partial charge in [0.15, 0.2) is 0 Å². The second-order valence-electron chi connectivity index (χ2n) is 4.45. The number of hydrogen-bond acceptors (Lipinski definition) is 3. The zero-order valence-corrected chi connectivity index (χ0v) is 11.7. The molecule has 0 bridgehead atoms. The first kappa shape index (κ1) is 14.0. The molecule has 19 heavy (non-hydrogen) atoms. The van der Waals surface area contributed by atoms with Crippen molar-refractivity contribution >= 4 is 11.6 Å². The summed E-state index contributed by atoms with van der Waals surface area (Å²) in [6, 6.07) is 11.9. The number of rotatable bonds is 5. The lowest BCUT2D eigenvalue weighted by Crippen LogP contribution is -2.31. The van der Waals surface area contributed by atoms with Crippen molar-refractivity contribution in [3.05, 3.63) is 64.4 Å². The summed E-state index contributed by atoms with van der Waals surface area (Å²) in [4.78, 5) is 4.47. The van der Waals surface area contributed by atoms with Gasteiger partial charge in [-0.15, -0.1) is 0 Å². The summed E-state index contributed by atoms with van der Waals surface area (Å²) >= 11 is 5.89. The van der Waals surface area contributed by atoms with E-state index in [1.165, 1.54) is 11.1 Å². The second-order valence-corrected chi connectivity index (χ2v) is 4.89. The van der Waals surface area contributed by atoms with Gasteiger partial charge >= 0.3 is 0 Å². The van der Waals surface area contributed by atoms with Gasteiger partial charge in [0.1, 0.15) is 0 Å². The van der Waals surface area contributed by atoms with Crippen LogP contribution in [-0.2, 0) is 12.8 Å². The Kier molecular flexibility index (Phi) is 4.91. The zero-order chi connectivity index (χ0) is 13.7. The molecule has 1 unspecified atom stereocenters. The van der Waals surface area contributed by atoms with Crippen LogP contribution in [-0.4, -0.2) is 4.98 Å². The zero-order valence-electron chi connectivity index (χ0n) is 10.9. The van der Waals surface area contributed by atoms with E-state index in [2.05, 4.69) is 23.4 Å². The highest BCUT2D eigenvalue weighted by Crippen LogP contribution is 2.20. The second kappa shape index (κ2) is 6.66. The molecule has 1 aromatic carbocycles. The molecule has 0 aliphatic carbocycles. The monoisotopic (exact) mass is 275 g/mol. The molecule has 1 aromatic heterocycles. The topological polar surface area (TPSA) is 50.9 Å². The van der Waals surface area contributed by atoms with Crippen LogP contribution in [0.25, 0.3) is 0 Å². The minimum atomic E-state index is 0.0114. The Morgan fingerprint density at radius 2 is 2.00 bits per heavy atom. The molecule has 0 radical (unpaired) electrons. The first-order valence-corrected chi connectivity index (χ1v) is 6.76. The molecule has 100 valence electrons. The Hall–Kier alpha value is -1.42. The lowest BCUT2D eigenvalue weighted by molar-refractivity contribution is 0.533. The molecule has 3 nitrogen and oxygen atoms in total. The average Bonchev–Trinajstić information content (AvgIpc) is 2.46. The van der Waals surface area contributed by atoms with Gasteiger partial charge in [-0.1, -0.05) is 36.7 Å². The Morgan fingerprint density at radius 1 is 1.26 bits per heavy atom. The highest BCUT2D eigenvalue weighted by molar-refractivity contribution is 6.30. The molecule has 1 heterocycles. The van der Waals surface area contributed by atoms with E-state index in [0.717, 1.165) is 23.6 Å². The summed E-state index contributed by atoms with van der Waals surface area (Å²) in [6.07, 6.45) is 3.54. The SMILES string of the molecule is CCc1cccnc1C(Cc1ccc(Cl)cc1)NN. The van der Waals surface area contributed by atoms with Gasteiger partial charge in [-0.3, -0.25) is 16.3 Å². The molecular formula is C15H18ClN3. The third kappa shape index (κ3) is 3.53. The summed E-state index contributed by atoms with van der Waals surface area (Å²) < 4.78 is 0. The van der Waals surface area contributed by atoms with Crippen molar-refractivity contribution < 1.29 is 0 Å². The molecule has 4 heteroatoms. The predicted molar refractivity (Wildman–Crippen MR) is 78.8 cm³/mol. The molecule has 0 saturated heterocycles. The van der Waals surface area contributed by atoms with E-state index in [-0.39, 0.29) is 6.04 Å². The first-order valence-electron chi connectivity index (χ1n) is 6.39. The smallest absolute Gasteiger partial charge is 0.0675 e. The summed E-state index contributed by atoms with van der Waals surface area (Å²) in [7, 11) is 0. The third-order valence-electron chi connectivity index (χ3n) is 3.19. The molecular weight excluding hydrogens is 258 g/mol. The van der Waals surface area contributed by atoms with Crippen LogP contribution in [0.1, 0.15) is 29.8 Å². The van der Waals surface area contributed by atoms with Crippen LogP contribution in [0.5, 0.6) is 0 Å². The Morgan fingerprint density at radius 3 is 2.63 bits per heavy atom. The fourth-order valence-corrected chi connectivity index (χ4v) is 2.28. The van der Waals surface area contributed by atoms with Crippen LogP contribution in [0.15, 0.2) is 42.6 Å². The van der Waals surface area contributed by atoms with Crippen molar-refractivity contribution in [1.29, 1.82) is 0 Å². The summed E-state index contributed by atoms with van der Waals surface area (Å²) in [5, 5.41) is 0.744. The highest BCUT2D eigenvalue weighted by atomic mass is 35.5. The number of nitrogens with zero attached hydrogens (tertiary/aromatic N) is 1. The van der Waals surface area contributed by atoms with Gasteiger partial charge in [0.05, 0.1) is 11.7 Å². The fourth-order valence-electron chi connectivity index (χ4n) is 2.15. The van der Waals surface area contributed by atoms with Crippen molar-refractivity contribution in [3.63, 3.8) is 0 Å². The van der Waals surface area contributed by atoms with E-state index in [4.69, 9.17) is 17.4 Å². The van der Waals surface area contributed by atoms with Crippen molar-refractivity contribution in [3.8, 4) is 0 Å². The van der Waals surface area contributed by atoms with E-state index in [9.17, 15) is 0 Å². The number of aromatic nitrogens is 1. The standard InChI is InChI=1S/C15H18ClN3/c1-2-12-4-3-9-18-15(12)14(19-17)10-11-5-7-13(16)8-6-11/h3-9,14,19H,2,10,17H2,1H3. The highest BCUT2D eigenvalue weighted by Gasteiger charge is 2.15. The van der Waals surface area contributed by atoms with Crippen molar-refractivity contribution in [1.82, 2.24) is 10.4 Å². The van der Waals surface area contributed by atoms with E-state index in [1.807, 2.05) is 30.3 Å².